The highest BCUT2D eigenvalue weighted by Gasteiger charge is 2.25. The van der Waals surface area contributed by atoms with Crippen LogP contribution in [0.4, 0.5) is 0 Å². The number of carboxylic acids is 1. The maximum atomic E-state index is 12.8. The summed E-state index contributed by atoms with van der Waals surface area (Å²) in [5, 5.41) is 9.68. The average molecular weight is 970 g/mol. The number of rotatable bonds is 51. The number of quaternary nitrogens is 1. The summed E-state index contributed by atoms with van der Waals surface area (Å²) in [5.41, 5.74) is 0. The Morgan fingerprint density at radius 2 is 0.826 bits per heavy atom. The van der Waals surface area contributed by atoms with Crippen LogP contribution in [0.5, 0.6) is 0 Å². The molecule has 9 heteroatoms. The quantitative estimate of drug-likeness (QED) is 0.0211. The molecule has 0 rings (SSSR count). The van der Waals surface area contributed by atoms with Gasteiger partial charge in [0.15, 0.2) is 6.10 Å². The second-order valence-corrected chi connectivity index (χ2v) is 19.9. The van der Waals surface area contributed by atoms with Crippen molar-refractivity contribution in [3.63, 3.8) is 0 Å². The first kappa shape index (κ1) is 65.7. The Morgan fingerprint density at radius 3 is 1.25 bits per heavy atom. The molecule has 0 heterocycles. The molecule has 0 saturated heterocycles. The lowest BCUT2D eigenvalue weighted by atomic mass is 10.0. The molecule has 0 spiro atoms. The van der Waals surface area contributed by atoms with Gasteiger partial charge in [-0.05, 0) is 83.5 Å². The lowest BCUT2D eigenvalue weighted by Gasteiger charge is -2.25. The Hall–Kier alpha value is -3.27. The number of aliphatic carboxylic acids is 1. The highest BCUT2D eigenvalue weighted by Crippen LogP contribution is 2.16. The number of hydrogen-bond acceptors (Lipinski definition) is 7. The molecule has 0 aromatic rings. The van der Waals surface area contributed by atoms with E-state index in [4.69, 9.17) is 18.9 Å². The first-order valence-electron chi connectivity index (χ1n) is 28.1. The largest absolute Gasteiger partial charge is 0.477 e. The first-order valence-corrected chi connectivity index (χ1v) is 28.1. The van der Waals surface area contributed by atoms with Gasteiger partial charge in [-0.15, -0.1) is 0 Å². The first-order chi connectivity index (χ1) is 33.6. The summed E-state index contributed by atoms with van der Waals surface area (Å²) in [6.07, 6.45) is 62.7. The summed E-state index contributed by atoms with van der Waals surface area (Å²) in [7, 11) is 5.96. The Morgan fingerprint density at radius 1 is 0.449 bits per heavy atom. The zero-order chi connectivity index (χ0) is 50.6. The molecular formula is C60H106NO8+. The van der Waals surface area contributed by atoms with Gasteiger partial charge in [-0.3, -0.25) is 9.59 Å². The number of likely N-dealkylation sites (N-methyl/N-ethyl adjacent to an activating group) is 1. The van der Waals surface area contributed by atoms with Gasteiger partial charge >= 0.3 is 17.9 Å². The highest BCUT2D eigenvalue weighted by atomic mass is 16.7. The maximum Gasteiger partial charge on any atom is 0.361 e. The summed E-state index contributed by atoms with van der Waals surface area (Å²) in [4.78, 5) is 37.3. The zero-order valence-corrected chi connectivity index (χ0v) is 45.2. The van der Waals surface area contributed by atoms with E-state index < -0.39 is 24.3 Å². The number of esters is 2. The molecule has 0 aliphatic rings. The van der Waals surface area contributed by atoms with Crippen LogP contribution in [0.25, 0.3) is 0 Å². The lowest BCUT2D eigenvalue weighted by Crippen LogP contribution is -2.40. The van der Waals surface area contributed by atoms with Crippen LogP contribution in [0.1, 0.15) is 232 Å². The summed E-state index contributed by atoms with van der Waals surface area (Å²) in [5.74, 6) is -2.02. The summed E-state index contributed by atoms with van der Waals surface area (Å²) < 4.78 is 22.8. The van der Waals surface area contributed by atoms with Crippen molar-refractivity contribution in [2.75, 3.05) is 47.5 Å². The van der Waals surface area contributed by atoms with Crippen molar-refractivity contribution in [2.24, 2.45) is 0 Å². The van der Waals surface area contributed by atoms with Crippen LogP contribution >= 0.6 is 0 Å². The molecule has 0 aliphatic heterocycles. The molecule has 1 N–H and O–H groups in total. The third-order valence-corrected chi connectivity index (χ3v) is 11.9. The van der Waals surface area contributed by atoms with E-state index in [2.05, 4.69) is 86.8 Å². The van der Waals surface area contributed by atoms with Gasteiger partial charge in [0, 0.05) is 12.8 Å². The van der Waals surface area contributed by atoms with Gasteiger partial charge in [0.25, 0.3) is 6.29 Å². The SMILES string of the molecule is CC/C=C\C/C=C\C/C=C\C/C=C\C/C=C\CCCCCCCCCCCCCCCCCC(=O)OC(COC(=O)CCCCCCC/C=C\CCCCCC)COC(OCC[N+](C)(C)C)C(=O)O. The van der Waals surface area contributed by atoms with Gasteiger partial charge < -0.3 is 28.5 Å². The second-order valence-electron chi connectivity index (χ2n) is 19.9. The molecule has 398 valence electrons. The highest BCUT2D eigenvalue weighted by molar-refractivity contribution is 5.71. The summed E-state index contributed by atoms with van der Waals surface area (Å²) >= 11 is 0. The van der Waals surface area contributed by atoms with Crippen molar-refractivity contribution < 1.29 is 42.9 Å². The van der Waals surface area contributed by atoms with E-state index in [0.29, 0.717) is 17.4 Å². The van der Waals surface area contributed by atoms with E-state index in [1.54, 1.807) is 0 Å². The number of carbonyl (C=O) groups is 3. The Bertz CT molecular complexity index is 1360. The fourth-order valence-electron chi connectivity index (χ4n) is 7.62. The van der Waals surface area contributed by atoms with Crippen molar-refractivity contribution in [2.45, 2.75) is 245 Å². The van der Waals surface area contributed by atoms with Crippen LogP contribution in [0, 0.1) is 0 Å². The molecule has 0 aromatic carbocycles. The van der Waals surface area contributed by atoms with Crippen molar-refractivity contribution in [3.8, 4) is 0 Å². The fraction of sp³-hybridized carbons (Fsp3) is 0.750. The molecule has 0 radical (unpaired) electrons. The van der Waals surface area contributed by atoms with Crippen LogP contribution in [-0.2, 0) is 33.3 Å². The van der Waals surface area contributed by atoms with E-state index in [1.165, 1.54) is 116 Å². The van der Waals surface area contributed by atoms with E-state index in [9.17, 15) is 19.5 Å². The fourth-order valence-corrected chi connectivity index (χ4v) is 7.62. The molecule has 0 bridgehead atoms. The number of allylic oxidation sites excluding steroid dienone is 12. The Balaban J connectivity index is 4.15. The molecule has 0 aromatic heterocycles. The topological polar surface area (TPSA) is 108 Å². The van der Waals surface area contributed by atoms with Gasteiger partial charge in [-0.2, -0.15) is 0 Å². The van der Waals surface area contributed by atoms with Gasteiger partial charge in [0.1, 0.15) is 13.2 Å². The number of hydrogen-bond donors (Lipinski definition) is 1. The van der Waals surface area contributed by atoms with Gasteiger partial charge in [0.2, 0.25) is 0 Å². The minimum atomic E-state index is -1.51. The summed E-state index contributed by atoms with van der Waals surface area (Å²) in [6, 6.07) is 0. The van der Waals surface area contributed by atoms with Crippen LogP contribution in [-0.4, -0.2) is 87.4 Å². The van der Waals surface area contributed by atoms with Crippen molar-refractivity contribution in [1.82, 2.24) is 0 Å². The van der Waals surface area contributed by atoms with Crippen molar-refractivity contribution in [1.29, 1.82) is 0 Å². The van der Waals surface area contributed by atoms with Crippen molar-refractivity contribution >= 4 is 17.9 Å². The predicted molar refractivity (Wildman–Crippen MR) is 290 cm³/mol. The number of ether oxygens (including phenoxy) is 4. The third kappa shape index (κ3) is 52.4. The molecule has 0 saturated carbocycles. The van der Waals surface area contributed by atoms with Gasteiger partial charge in [-0.1, -0.05) is 209 Å². The molecule has 9 nitrogen and oxygen atoms in total. The molecule has 0 fully saturated rings. The molecule has 0 amide bonds. The monoisotopic (exact) mass is 969 g/mol. The predicted octanol–water partition coefficient (Wildman–Crippen LogP) is 16.2. The minimum absolute atomic E-state index is 0.185. The van der Waals surface area contributed by atoms with Crippen LogP contribution in [0.3, 0.4) is 0 Å². The Labute approximate surface area is 424 Å². The molecule has 69 heavy (non-hydrogen) atoms. The van der Waals surface area contributed by atoms with Gasteiger partial charge in [-0.25, -0.2) is 4.79 Å². The van der Waals surface area contributed by atoms with Crippen LogP contribution in [0.15, 0.2) is 72.9 Å². The van der Waals surface area contributed by atoms with E-state index >= 15 is 0 Å². The van der Waals surface area contributed by atoms with Crippen molar-refractivity contribution in [3.05, 3.63) is 72.9 Å². The third-order valence-electron chi connectivity index (χ3n) is 11.9. The minimum Gasteiger partial charge on any atom is -0.477 e. The standard InChI is InChI=1S/C60H105NO8/c1-6-8-10-12-14-16-18-20-21-22-23-24-25-26-27-28-29-30-31-32-33-34-35-36-37-39-41-43-45-47-49-51-58(63)69-56(55-68-60(59(64)65)66-53-52-61(3,4)5)54-67-57(62)50-48-46-44-42-40-38-19-17-15-13-11-9-7-2/h8,10,14,16-17,19-21,23-24,26-27,56,60H,6-7,9,11-13,15,18,22,25,28-55H2,1-5H3/p+1/b10-8-,16-14-,19-17-,21-20-,24-23-,27-26-. The van der Waals surface area contributed by atoms with Gasteiger partial charge in [0.05, 0.1) is 34.4 Å². The maximum absolute atomic E-state index is 12.8. The normalized spacial score (nSPS) is 13.3. The number of nitrogens with zero attached hydrogens (tertiary/aromatic N) is 1. The number of carboxylic acid groups (broad SMARTS) is 1. The molecular weight excluding hydrogens is 863 g/mol. The van der Waals surface area contributed by atoms with E-state index in [1.807, 2.05) is 21.1 Å². The average Bonchev–Trinajstić information content (AvgIpc) is 3.31. The lowest BCUT2D eigenvalue weighted by molar-refractivity contribution is -0.870. The smallest absolute Gasteiger partial charge is 0.361 e. The molecule has 2 atom stereocenters. The van der Waals surface area contributed by atoms with E-state index in [-0.39, 0.29) is 32.2 Å². The van der Waals surface area contributed by atoms with Crippen LogP contribution in [0.2, 0.25) is 0 Å². The zero-order valence-electron chi connectivity index (χ0n) is 45.2. The number of carbonyl (C=O) groups excluding carboxylic acids is 2. The Kier molecular flexibility index (Phi) is 48.7. The van der Waals surface area contributed by atoms with Crippen LogP contribution < -0.4 is 0 Å². The molecule has 2 unspecified atom stereocenters. The number of unbranched alkanes of at least 4 members (excludes halogenated alkanes) is 24. The molecule has 0 aliphatic carbocycles. The summed E-state index contributed by atoms with van der Waals surface area (Å²) in [6.45, 7) is 4.74. The van der Waals surface area contributed by atoms with E-state index in [0.717, 1.165) is 89.9 Å². The second kappa shape index (κ2) is 51.1.